The molecule has 14 heavy (non-hydrogen) atoms. The summed E-state index contributed by atoms with van der Waals surface area (Å²) in [4.78, 5) is 12.6. The van der Waals surface area contributed by atoms with E-state index in [1.807, 2.05) is 10.8 Å². The second kappa shape index (κ2) is 4.04. The first-order valence-electron chi connectivity index (χ1n) is 4.21. The predicted octanol–water partition coefficient (Wildman–Crippen LogP) is 2.16. The van der Waals surface area contributed by atoms with Crippen LogP contribution in [0.3, 0.4) is 0 Å². The second-order valence-corrected chi connectivity index (χ2v) is 4.75. The van der Waals surface area contributed by atoms with Gasteiger partial charge in [0.25, 0.3) is 0 Å². The Hall–Kier alpha value is -0.980. The molecule has 0 saturated heterocycles. The molecule has 0 N–H and O–H groups in total. The molecule has 0 amide bonds. The van der Waals surface area contributed by atoms with Gasteiger partial charge in [-0.25, -0.2) is 9.97 Å². The van der Waals surface area contributed by atoms with Crippen molar-refractivity contribution in [3.05, 3.63) is 36.8 Å². The van der Waals surface area contributed by atoms with Crippen molar-refractivity contribution in [2.75, 3.05) is 0 Å². The highest BCUT2D eigenvalue weighted by Gasteiger charge is 2.03. The number of halogens is 1. The van der Waals surface area contributed by atoms with Gasteiger partial charge in [-0.3, -0.25) is 9.55 Å². The number of alkyl halides is 1. The molecule has 0 aromatic carbocycles. The summed E-state index contributed by atoms with van der Waals surface area (Å²) in [6, 6.07) is 0. The molecule has 0 saturated carbocycles. The van der Waals surface area contributed by atoms with Crippen LogP contribution in [0.4, 0.5) is 0 Å². The highest BCUT2D eigenvalue weighted by molar-refractivity contribution is 14.1. The topological polar surface area (TPSA) is 43.6 Å². The van der Waals surface area contributed by atoms with Crippen molar-refractivity contribution in [1.82, 2.24) is 19.5 Å². The zero-order valence-corrected chi connectivity index (χ0v) is 9.79. The maximum atomic E-state index is 4.32. The van der Waals surface area contributed by atoms with Crippen molar-refractivity contribution in [2.24, 2.45) is 0 Å². The van der Waals surface area contributed by atoms with Gasteiger partial charge in [-0.2, -0.15) is 0 Å². The van der Waals surface area contributed by atoms with Crippen molar-refractivity contribution in [3.8, 4) is 5.82 Å². The monoisotopic (exact) mass is 300 g/mol. The smallest absolute Gasteiger partial charge is 0.156 e. The molecular weight excluding hydrogens is 291 g/mol. The van der Waals surface area contributed by atoms with Crippen LogP contribution in [0.15, 0.2) is 31.1 Å². The Morgan fingerprint density at radius 3 is 2.71 bits per heavy atom. The van der Waals surface area contributed by atoms with Gasteiger partial charge in [0.1, 0.15) is 6.33 Å². The third-order valence-electron chi connectivity index (χ3n) is 1.83. The molecule has 1 atom stereocenters. The molecule has 72 valence electrons. The standard InChI is InChI=1S/C9H9IN4/c1-7(10)8-4-13-9(5-12-8)14-3-2-11-6-14/h2-7H,1H3. The van der Waals surface area contributed by atoms with Crippen LogP contribution in [0.25, 0.3) is 5.82 Å². The first-order valence-corrected chi connectivity index (χ1v) is 5.46. The highest BCUT2D eigenvalue weighted by Crippen LogP contribution is 2.19. The van der Waals surface area contributed by atoms with E-state index in [2.05, 4.69) is 44.5 Å². The van der Waals surface area contributed by atoms with Crippen molar-refractivity contribution in [1.29, 1.82) is 0 Å². The van der Waals surface area contributed by atoms with Gasteiger partial charge in [-0.15, -0.1) is 0 Å². The van der Waals surface area contributed by atoms with Crippen molar-refractivity contribution in [2.45, 2.75) is 10.8 Å². The molecule has 0 bridgehead atoms. The average molecular weight is 300 g/mol. The average Bonchev–Trinajstić information content (AvgIpc) is 2.71. The fraction of sp³-hybridized carbons (Fsp3) is 0.222. The minimum absolute atomic E-state index is 0.386. The van der Waals surface area contributed by atoms with Gasteiger partial charge < -0.3 is 0 Å². The molecule has 4 nitrogen and oxygen atoms in total. The van der Waals surface area contributed by atoms with Crippen LogP contribution in [0.2, 0.25) is 0 Å². The lowest BCUT2D eigenvalue weighted by molar-refractivity contribution is 0.930. The van der Waals surface area contributed by atoms with E-state index in [-0.39, 0.29) is 0 Å². The van der Waals surface area contributed by atoms with Gasteiger partial charge in [-0.1, -0.05) is 22.6 Å². The Bertz CT molecular complexity index is 393. The Labute approximate surface area is 95.6 Å². The maximum absolute atomic E-state index is 4.32. The van der Waals surface area contributed by atoms with Crippen LogP contribution < -0.4 is 0 Å². The Balaban J connectivity index is 2.31. The van der Waals surface area contributed by atoms with E-state index in [1.165, 1.54) is 0 Å². The number of hydrogen-bond donors (Lipinski definition) is 0. The van der Waals surface area contributed by atoms with E-state index in [4.69, 9.17) is 0 Å². The number of hydrogen-bond acceptors (Lipinski definition) is 3. The Morgan fingerprint density at radius 1 is 1.36 bits per heavy atom. The summed E-state index contributed by atoms with van der Waals surface area (Å²) in [5.41, 5.74) is 0.995. The Kier molecular flexibility index (Phi) is 2.76. The van der Waals surface area contributed by atoms with Crippen LogP contribution in [0.5, 0.6) is 0 Å². The molecule has 0 radical (unpaired) electrons. The fourth-order valence-corrected chi connectivity index (χ4v) is 1.39. The zero-order valence-electron chi connectivity index (χ0n) is 7.63. The summed E-state index contributed by atoms with van der Waals surface area (Å²) < 4.78 is 2.21. The quantitative estimate of drug-likeness (QED) is 0.630. The van der Waals surface area contributed by atoms with E-state index in [1.54, 1.807) is 24.9 Å². The fourth-order valence-electron chi connectivity index (χ4n) is 1.06. The van der Waals surface area contributed by atoms with Crippen LogP contribution in [-0.2, 0) is 0 Å². The van der Waals surface area contributed by atoms with E-state index < -0.39 is 0 Å². The molecule has 0 aliphatic rings. The number of aromatic nitrogens is 4. The number of imidazole rings is 1. The summed E-state index contributed by atoms with van der Waals surface area (Å²) in [6.45, 7) is 2.08. The van der Waals surface area contributed by atoms with E-state index in [9.17, 15) is 0 Å². The lowest BCUT2D eigenvalue weighted by atomic mass is 10.3. The van der Waals surface area contributed by atoms with Crippen LogP contribution >= 0.6 is 22.6 Å². The highest BCUT2D eigenvalue weighted by atomic mass is 127. The van der Waals surface area contributed by atoms with Crippen molar-refractivity contribution >= 4 is 22.6 Å². The Morgan fingerprint density at radius 2 is 2.21 bits per heavy atom. The van der Waals surface area contributed by atoms with E-state index in [0.29, 0.717) is 3.92 Å². The first kappa shape index (κ1) is 9.57. The third-order valence-corrected chi connectivity index (χ3v) is 2.47. The third kappa shape index (κ3) is 1.92. The minimum atomic E-state index is 0.386. The second-order valence-electron chi connectivity index (χ2n) is 2.89. The molecule has 2 heterocycles. The first-order chi connectivity index (χ1) is 6.77. The summed E-state index contributed by atoms with van der Waals surface area (Å²) in [5, 5.41) is 0. The molecule has 0 fully saturated rings. The summed E-state index contributed by atoms with van der Waals surface area (Å²) >= 11 is 2.31. The van der Waals surface area contributed by atoms with E-state index in [0.717, 1.165) is 11.5 Å². The summed E-state index contributed by atoms with van der Waals surface area (Å²) in [6.07, 6.45) is 8.82. The van der Waals surface area contributed by atoms with Crippen LogP contribution in [0.1, 0.15) is 16.5 Å². The van der Waals surface area contributed by atoms with E-state index >= 15 is 0 Å². The largest absolute Gasteiger partial charge is 0.289 e. The molecule has 2 rings (SSSR count). The maximum Gasteiger partial charge on any atom is 0.156 e. The number of nitrogens with zero attached hydrogens (tertiary/aromatic N) is 4. The molecule has 2 aromatic heterocycles. The molecule has 2 aromatic rings. The molecule has 0 aliphatic heterocycles. The SMILES string of the molecule is CC(I)c1cnc(-n2ccnc2)cn1. The minimum Gasteiger partial charge on any atom is -0.289 e. The van der Waals surface area contributed by atoms with Crippen LogP contribution in [-0.4, -0.2) is 19.5 Å². The van der Waals surface area contributed by atoms with Gasteiger partial charge in [0, 0.05) is 12.4 Å². The van der Waals surface area contributed by atoms with Gasteiger partial charge >= 0.3 is 0 Å². The van der Waals surface area contributed by atoms with Gasteiger partial charge in [0.15, 0.2) is 5.82 Å². The molecule has 5 heteroatoms. The van der Waals surface area contributed by atoms with Crippen molar-refractivity contribution in [3.63, 3.8) is 0 Å². The molecule has 1 unspecified atom stereocenters. The normalized spacial score (nSPS) is 12.7. The van der Waals surface area contributed by atoms with Crippen LogP contribution in [0, 0.1) is 0 Å². The van der Waals surface area contributed by atoms with Gasteiger partial charge in [0.05, 0.1) is 22.0 Å². The predicted molar refractivity (Wildman–Crippen MR) is 61.6 cm³/mol. The summed E-state index contributed by atoms with van der Waals surface area (Å²) in [5.74, 6) is 0.795. The lowest BCUT2D eigenvalue weighted by Crippen LogP contribution is -1.98. The van der Waals surface area contributed by atoms with Crippen molar-refractivity contribution < 1.29 is 0 Å². The molecular formula is C9H9IN4. The summed E-state index contributed by atoms with van der Waals surface area (Å²) in [7, 11) is 0. The molecule has 0 spiro atoms. The molecule has 0 aliphatic carbocycles. The van der Waals surface area contributed by atoms with Gasteiger partial charge in [0.2, 0.25) is 0 Å². The zero-order chi connectivity index (χ0) is 9.97. The van der Waals surface area contributed by atoms with Gasteiger partial charge in [-0.05, 0) is 6.92 Å². The number of rotatable bonds is 2. The lowest BCUT2D eigenvalue weighted by Gasteiger charge is -2.03.